The van der Waals surface area contributed by atoms with E-state index in [2.05, 4.69) is 15.3 Å². The molecule has 4 rings (SSSR count). The summed E-state index contributed by atoms with van der Waals surface area (Å²) in [6, 6.07) is 5.53. The Bertz CT molecular complexity index is 909. The number of fused-ring (bicyclic) bond motifs is 1. The number of nitrogens with one attached hydrogen (secondary N) is 1. The molecule has 1 fully saturated rings. The minimum absolute atomic E-state index is 0.172. The third-order valence-corrected chi connectivity index (χ3v) is 5.02. The van der Waals surface area contributed by atoms with Gasteiger partial charge in [-0.2, -0.15) is 0 Å². The monoisotopic (exact) mass is 382 g/mol. The van der Waals surface area contributed by atoms with E-state index >= 15 is 0 Å². The topological polar surface area (TPSA) is 76.6 Å². The molecule has 1 N–H and O–H groups in total. The second-order valence-corrected chi connectivity index (χ2v) is 8.11. The van der Waals surface area contributed by atoms with Gasteiger partial charge in [0.2, 0.25) is 0 Å². The third kappa shape index (κ3) is 3.88. The second kappa shape index (κ2) is 6.96. The van der Waals surface area contributed by atoms with E-state index in [1.807, 2.05) is 39.0 Å². The maximum atomic E-state index is 13.1. The van der Waals surface area contributed by atoms with Crippen LogP contribution in [0.25, 0.3) is 0 Å². The molecule has 1 saturated carbocycles. The predicted molar refractivity (Wildman–Crippen MR) is 106 cm³/mol. The van der Waals surface area contributed by atoms with Gasteiger partial charge >= 0.3 is 6.03 Å². The van der Waals surface area contributed by atoms with E-state index < -0.39 is 5.60 Å². The van der Waals surface area contributed by atoms with Gasteiger partial charge in [-0.25, -0.2) is 14.8 Å². The second-order valence-electron chi connectivity index (χ2n) is 8.11. The van der Waals surface area contributed by atoms with Gasteiger partial charge in [-0.05, 0) is 45.7 Å². The number of ether oxygens (including phenoxy) is 2. The first kappa shape index (κ1) is 18.5. The Morgan fingerprint density at radius 3 is 2.86 bits per heavy atom. The Labute approximate surface area is 165 Å². The molecule has 0 radical (unpaired) electrons. The summed E-state index contributed by atoms with van der Waals surface area (Å²) in [7, 11) is 1.63. The summed E-state index contributed by atoms with van der Waals surface area (Å²) >= 11 is 0. The lowest BCUT2D eigenvalue weighted by atomic mass is 10.1. The zero-order valence-electron chi connectivity index (χ0n) is 16.8. The number of aryl methyl sites for hydroxylation is 1. The molecule has 0 saturated heterocycles. The first-order valence-electron chi connectivity index (χ1n) is 9.60. The van der Waals surface area contributed by atoms with Crippen molar-refractivity contribution in [2.45, 2.75) is 51.7 Å². The standard InChI is InChI=1S/C21H26N4O3/c1-13-22-10-17(19(23-13)14-5-6-14)24-20(26)25-11-15-7-8-16(27-4)9-18(15)28-21(2,3)12-25/h7-10,14H,5-6,11-12H2,1-4H3,(H,24,26). The Morgan fingerprint density at radius 2 is 2.14 bits per heavy atom. The van der Waals surface area contributed by atoms with Crippen molar-refractivity contribution in [1.82, 2.24) is 14.9 Å². The Hall–Kier alpha value is -2.83. The molecule has 28 heavy (non-hydrogen) atoms. The summed E-state index contributed by atoms with van der Waals surface area (Å²) < 4.78 is 11.5. The molecular formula is C21H26N4O3. The van der Waals surface area contributed by atoms with Crippen molar-refractivity contribution >= 4 is 11.7 Å². The smallest absolute Gasteiger partial charge is 0.322 e. The summed E-state index contributed by atoms with van der Waals surface area (Å²) in [5.41, 5.74) is 2.06. The number of benzene rings is 1. The van der Waals surface area contributed by atoms with E-state index in [0.717, 1.165) is 41.4 Å². The van der Waals surface area contributed by atoms with Crippen LogP contribution in [0.1, 0.15) is 49.7 Å². The van der Waals surface area contributed by atoms with Gasteiger partial charge in [0.05, 0.1) is 37.8 Å². The van der Waals surface area contributed by atoms with Crippen LogP contribution in [0.2, 0.25) is 0 Å². The SMILES string of the molecule is COc1ccc2c(c1)OC(C)(C)CN(C(=O)Nc1cnc(C)nc1C1CC1)C2. The van der Waals surface area contributed by atoms with Crippen LogP contribution in [-0.2, 0) is 6.54 Å². The summed E-state index contributed by atoms with van der Waals surface area (Å²) in [5.74, 6) is 2.64. The molecule has 2 aliphatic rings. The molecule has 0 unspecified atom stereocenters. The molecule has 1 aromatic carbocycles. The summed E-state index contributed by atoms with van der Waals surface area (Å²) in [6.07, 6.45) is 3.93. The lowest BCUT2D eigenvalue weighted by molar-refractivity contribution is 0.0833. The highest BCUT2D eigenvalue weighted by Crippen LogP contribution is 2.42. The van der Waals surface area contributed by atoms with Gasteiger partial charge in [0.25, 0.3) is 0 Å². The normalized spacial score (nSPS) is 17.9. The van der Waals surface area contributed by atoms with Crippen LogP contribution in [0.5, 0.6) is 11.5 Å². The molecular weight excluding hydrogens is 356 g/mol. The Kier molecular flexibility index (Phi) is 4.61. The first-order valence-corrected chi connectivity index (χ1v) is 9.60. The molecule has 1 aliphatic heterocycles. The summed E-state index contributed by atoms with van der Waals surface area (Å²) in [6.45, 7) is 6.75. The lowest BCUT2D eigenvalue weighted by Crippen LogP contribution is -2.45. The molecule has 0 bridgehead atoms. The number of urea groups is 1. The molecule has 7 nitrogen and oxygen atoms in total. The zero-order chi connectivity index (χ0) is 19.9. The molecule has 2 heterocycles. The van der Waals surface area contributed by atoms with Crippen LogP contribution in [0.4, 0.5) is 10.5 Å². The van der Waals surface area contributed by atoms with Crippen molar-refractivity contribution in [2.24, 2.45) is 0 Å². The minimum Gasteiger partial charge on any atom is -0.497 e. The average Bonchev–Trinajstić information content (AvgIpc) is 3.48. The summed E-state index contributed by atoms with van der Waals surface area (Å²) in [5, 5.41) is 3.03. The van der Waals surface area contributed by atoms with E-state index in [1.54, 1.807) is 18.2 Å². The molecule has 2 amide bonds. The molecule has 7 heteroatoms. The van der Waals surface area contributed by atoms with Crippen molar-refractivity contribution < 1.29 is 14.3 Å². The van der Waals surface area contributed by atoms with Gasteiger partial charge in [-0.15, -0.1) is 0 Å². The lowest BCUT2D eigenvalue weighted by Gasteiger charge is -2.29. The number of nitrogens with zero attached hydrogens (tertiary/aromatic N) is 3. The highest BCUT2D eigenvalue weighted by Gasteiger charge is 2.33. The molecule has 1 aliphatic carbocycles. The van der Waals surface area contributed by atoms with Crippen molar-refractivity contribution in [3.63, 3.8) is 0 Å². The Balaban J connectivity index is 1.58. The van der Waals surface area contributed by atoms with E-state index in [-0.39, 0.29) is 6.03 Å². The molecule has 2 aromatic rings. The van der Waals surface area contributed by atoms with Gasteiger partial charge in [0.1, 0.15) is 22.9 Å². The van der Waals surface area contributed by atoms with Gasteiger partial charge in [0, 0.05) is 17.5 Å². The fourth-order valence-electron chi connectivity index (χ4n) is 3.53. The van der Waals surface area contributed by atoms with E-state index in [4.69, 9.17) is 9.47 Å². The fraction of sp³-hybridized carbons (Fsp3) is 0.476. The van der Waals surface area contributed by atoms with E-state index in [9.17, 15) is 4.79 Å². The van der Waals surface area contributed by atoms with Gasteiger partial charge in [-0.3, -0.25) is 0 Å². The number of carbonyl (C=O) groups is 1. The third-order valence-electron chi connectivity index (χ3n) is 5.02. The molecule has 1 aromatic heterocycles. The number of hydrogen-bond acceptors (Lipinski definition) is 5. The van der Waals surface area contributed by atoms with Gasteiger partial charge in [0.15, 0.2) is 0 Å². The number of aromatic nitrogens is 2. The van der Waals surface area contributed by atoms with Crippen LogP contribution < -0.4 is 14.8 Å². The number of rotatable bonds is 3. The number of hydrogen-bond donors (Lipinski definition) is 1. The Morgan fingerprint density at radius 1 is 1.36 bits per heavy atom. The van der Waals surface area contributed by atoms with Crippen LogP contribution in [0.15, 0.2) is 24.4 Å². The molecule has 0 atom stereocenters. The molecule has 148 valence electrons. The van der Waals surface area contributed by atoms with Crippen molar-refractivity contribution in [2.75, 3.05) is 19.0 Å². The van der Waals surface area contributed by atoms with Crippen molar-refractivity contribution in [3.05, 3.63) is 41.5 Å². The first-order chi connectivity index (χ1) is 13.3. The van der Waals surface area contributed by atoms with Gasteiger partial charge in [-0.1, -0.05) is 0 Å². The number of carbonyl (C=O) groups excluding carboxylic acids is 1. The van der Waals surface area contributed by atoms with Crippen molar-refractivity contribution in [3.8, 4) is 11.5 Å². The highest BCUT2D eigenvalue weighted by atomic mass is 16.5. The van der Waals surface area contributed by atoms with Crippen LogP contribution in [0, 0.1) is 6.92 Å². The number of anilines is 1. The van der Waals surface area contributed by atoms with Crippen molar-refractivity contribution in [1.29, 1.82) is 0 Å². The van der Waals surface area contributed by atoms with E-state index in [1.165, 1.54) is 0 Å². The van der Waals surface area contributed by atoms with Crippen LogP contribution in [-0.4, -0.2) is 40.2 Å². The van der Waals surface area contributed by atoms with Crippen LogP contribution >= 0.6 is 0 Å². The maximum absolute atomic E-state index is 13.1. The fourth-order valence-corrected chi connectivity index (χ4v) is 3.53. The minimum atomic E-state index is -0.530. The largest absolute Gasteiger partial charge is 0.497 e. The van der Waals surface area contributed by atoms with E-state index in [0.29, 0.717) is 24.7 Å². The highest BCUT2D eigenvalue weighted by molar-refractivity contribution is 5.90. The predicted octanol–water partition coefficient (Wildman–Crippen LogP) is 3.88. The average molecular weight is 382 g/mol. The zero-order valence-corrected chi connectivity index (χ0v) is 16.8. The summed E-state index contributed by atoms with van der Waals surface area (Å²) in [4.78, 5) is 23.7. The quantitative estimate of drug-likeness (QED) is 0.872. The number of methoxy groups -OCH3 is 1. The maximum Gasteiger partial charge on any atom is 0.322 e. The van der Waals surface area contributed by atoms with Crippen LogP contribution in [0.3, 0.4) is 0 Å². The van der Waals surface area contributed by atoms with Gasteiger partial charge < -0.3 is 19.7 Å². The molecule has 0 spiro atoms. The number of amides is 2.